The molecule has 12 nitrogen and oxygen atoms in total. The van der Waals surface area contributed by atoms with Crippen molar-refractivity contribution in [3.63, 3.8) is 0 Å². The van der Waals surface area contributed by atoms with Crippen molar-refractivity contribution in [2.75, 3.05) is 10.6 Å². The standard InChI is InChI=1S/C16H10N4O8/c21-15(11-4-6-13(27-11)19(23)24)17-9-2-1-3-10(8-9)18-16(22)12-5-7-14(28-12)20(25)26/h1-8H,(H,17,21)(H,18,22). The molecule has 3 aromatic rings. The number of nitrogens with one attached hydrogen (secondary N) is 2. The topological polar surface area (TPSA) is 171 Å². The highest BCUT2D eigenvalue weighted by molar-refractivity contribution is 6.04. The van der Waals surface area contributed by atoms with E-state index in [4.69, 9.17) is 8.83 Å². The van der Waals surface area contributed by atoms with E-state index in [1.807, 2.05) is 0 Å². The Morgan fingerprint density at radius 1 is 0.750 bits per heavy atom. The number of carbonyl (C=O) groups excluding carboxylic acids is 2. The highest BCUT2D eigenvalue weighted by Crippen LogP contribution is 2.21. The quantitative estimate of drug-likeness (QED) is 0.480. The third kappa shape index (κ3) is 4.01. The first kappa shape index (κ1) is 18.3. The fourth-order valence-corrected chi connectivity index (χ4v) is 2.16. The number of hydrogen-bond donors (Lipinski definition) is 2. The highest BCUT2D eigenvalue weighted by Gasteiger charge is 2.19. The fourth-order valence-electron chi connectivity index (χ4n) is 2.16. The molecule has 142 valence electrons. The number of nitrogens with zero attached hydrogens (tertiary/aromatic N) is 2. The number of anilines is 2. The van der Waals surface area contributed by atoms with Crippen molar-refractivity contribution in [1.82, 2.24) is 0 Å². The molecule has 0 aliphatic heterocycles. The average molecular weight is 386 g/mol. The van der Waals surface area contributed by atoms with E-state index in [1.165, 1.54) is 24.3 Å². The van der Waals surface area contributed by atoms with Crippen LogP contribution in [0.5, 0.6) is 0 Å². The van der Waals surface area contributed by atoms with Crippen LogP contribution in [0.15, 0.2) is 57.4 Å². The minimum atomic E-state index is -0.772. The Balaban J connectivity index is 1.69. The minimum absolute atomic E-state index is 0.260. The third-order valence-electron chi connectivity index (χ3n) is 3.37. The van der Waals surface area contributed by atoms with Crippen molar-refractivity contribution in [2.24, 2.45) is 0 Å². The average Bonchev–Trinajstić information content (AvgIpc) is 3.32. The monoisotopic (exact) mass is 386 g/mol. The molecule has 0 spiro atoms. The minimum Gasteiger partial charge on any atom is -0.395 e. The molecule has 0 aliphatic carbocycles. The van der Waals surface area contributed by atoms with E-state index in [0.29, 0.717) is 0 Å². The molecule has 2 amide bonds. The van der Waals surface area contributed by atoms with Crippen LogP contribution in [0.4, 0.5) is 23.1 Å². The van der Waals surface area contributed by atoms with E-state index >= 15 is 0 Å². The first-order chi connectivity index (χ1) is 13.3. The molecule has 0 bridgehead atoms. The first-order valence-corrected chi connectivity index (χ1v) is 7.54. The van der Waals surface area contributed by atoms with Gasteiger partial charge >= 0.3 is 11.8 Å². The number of carbonyl (C=O) groups is 2. The second kappa shape index (κ2) is 7.41. The zero-order valence-corrected chi connectivity index (χ0v) is 13.8. The molecular formula is C16H10N4O8. The summed E-state index contributed by atoms with van der Waals surface area (Å²) in [6.45, 7) is 0. The molecule has 28 heavy (non-hydrogen) atoms. The number of amides is 2. The summed E-state index contributed by atoms with van der Waals surface area (Å²) in [5.41, 5.74) is 0.541. The molecule has 1 aromatic carbocycles. The van der Waals surface area contributed by atoms with Gasteiger partial charge in [-0.2, -0.15) is 0 Å². The van der Waals surface area contributed by atoms with Crippen LogP contribution in [-0.4, -0.2) is 21.7 Å². The van der Waals surface area contributed by atoms with Crippen LogP contribution in [0.2, 0.25) is 0 Å². The van der Waals surface area contributed by atoms with Gasteiger partial charge in [-0.25, -0.2) is 0 Å². The molecule has 2 aromatic heterocycles. The summed E-state index contributed by atoms with van der Waals surface area (Å²) in [4.78, 5) is 43.8. The lowest BCUT2D eigenvalue weighted by atomic mass is 10.2. The van der Waals surface area contributed by atoms with Gasteiger partial charge in [0.1, 0.15) is 9.85 Å². The molecule has 2 N–H and O–H groups in total. The molecular weight excluding hydrogens is 376 g/mol. The third-order valence-corrected chi connectivity index (χ3v) is 3.37. The first-order valence-electron chi connectivity index (χ1n) is 7.54. The molecule has 0 atom stereocenters. The van der Waals surface area contributed by atoms with Crippen LogP contribution in [0, 0.1) is 20.2 Å². The molecule has 0 unspecified atom stereocenters. The van der Waals surface area contributed by atoms with Crippen molar-refractivity contribution in [3.05, 3.63) is 80.3 Å². The Kier molecular flexibility index (Phi) is 4.85. The lowest BCUT2D eigenvalue weighted by molar-refractivity contribution is -0.402. The summed E-state index contributed by atoms with van der Waals surface area (Å²) in [6, 6.07) is 10.4. The summed E-state index contributed by atoms with van der Waals surface area (Å²) in [7, 11) is 0. The van der Waals surface area contributed by atoms with E-state index in [0.717, 1.165) is 24.3 Å². The van der Waals surface area contributed by atoms with Gasteiger partial charge < -0.3 is 19.5 Å². The van der Waals surface area contributed by atoms with Crippen LogP contribution < -0.4 is 10.6 Å². The van der Waals surface area contributed by atoms with Crippen molar-refractivity contribution in [1.29, 1.82) is 0 Å². The van der Waals surface area contributed by atoms with Crippen LogP contribution in [0.3, 0.4) is 0 Å². The van der Waals surface area contributed by atoms with Gasteiger partial charge in [0.25, 0.3) is 11.8 Å². The zero-order chi connectivity index (χ0) is 20.3. The Bertz CT molecular complexity index is 1000. The maximum atomic E-state index is 12.1. The van der Waals surface area contributed by atoms with E-state index < -0.39 is 33.4 Å². The Labute approximate surface area is 155 Å². The zero-order valence-electron chi connectivity index (χ0n) is 13.8. The van der Waals surface area contributed by atoms with E-state index in [1.54, 1.807) is 0 Å². The van der Waals surface area contributed by atoms with Crippen LogP contribution >= 0.6 is 0 Å². The van der Waals surface area contributed by atoms with Crippen molar-refractivity contribution < 1.29 is 28.3 Å². The molecule has 0 saturated heterocycles. The highest BCUT2D eigenvalue weighted by atomic mass is 16.7. The lowest BCUT2D eigenvalue weighted by Gasteiger charge is -2.07. The van der Waals surface area contributed by atoms with Crippen molar-refractivity contribution in [3.8, 4) is 0 Å². The van der Waals surface area contributed by atoms with Crippen molar-refractivity contribution >= 4 is 35.0 Å². The molecule has 0 saturated carbocycles. The van der Waals surface area contributed by atoms with Gasteiger partial charge in [-0.05, 0) is 30.3 Å². The number of nitro groups is 2. The molecule has 2 heterocycles. The maximum Gasteiger partial charge on any atom is 0.433 e. The van der Waals surface area contributed by atoms with E-state index in [9.17, 15) is 29.8 Å². The van der Waals surface area contributed by atoms with Crippen LogP contribution in [0.1, 0.15) is 21.1 Å². The molecule has 0 radical (unpaired) electrons. The summed E-state index contributed by atoms with van der Waals surface area (Å²) >= 11 is 0. The Morgan fingerprint density at radius 3 is 1.54 bits per heavy atom. The molecule has 12 heteroatoms. The largest absolute Gasteiger partial charge is 0.433 e. The number of benzene rings is 1. The smallest absolute Gasteiger partial charge is 0.395 e. The molecule has 3 rings (SSSR count). The Morgan fingerprint density at radius 2 is 1.18 bits per heavy atom. The second-order valence-corrected chi connectivity index (χ2v) is 5.28. The SMILES string of the molecule is O=C(Nc1cccc(NC(=O)c2ccc([N+](=O)[O-])o2)c1)c1ccc([N+](=O)[O-])o1. The van der Waals surface area contributed by atoms with Gasteiger partial charge in [-0.3, -0.25) is 29.8 Å². The number of furan rings is 2. The van der Waals surface area contributed by atoms with E-state index in [2.05, 4.69) is 10.6 Å². The van der Waals surface area contributed by atoms with Gasteiger partial charge in [-0.15, -0.1) is 0 Å². The van der Waals surface area contributed by atoms with Gasteiger partial charge in [0, 0.05) is 11.4 Å². The predicted octanol–water partition coefficient (Wildman–Crippen LogP) is 3.19. The summed E-state index contributed by atoms with van der Waals surface area (Å²) in [5.74, 6) is -3.11. The summed E-state index contributed by atoms with van der Waals surface area (Å²) < 4.78 is 9.61. The fraction of sp³-hybridized carbons (Fsp3) is 0. The maximum absolute atomic E-state index is 12.1. The second-order valence-electron chi connectivity index (χ2n) is 5.28. The summed E-state index contributed by atoms with van der Waals surface area (Å²) in [6.07, 6.45) is 0. The van der Waals surface area contributed by atoms with Crippen LogP contribution in [0.25, 0.3) is 0 Å². The van der Waals surface area contributed by atoms with Gasteiger partial charge in [0.15, 0.2) is 11.5 Å². The Hall–Kier alpha value is -4.48. The number of hydrogen-bond acceptors (Lipinski definition) is 8. The lowest BCUT2D eigenvalue weighted by Crippen LogP contribution is -2.13. The normalized spacial score (nSPS) is 10.3. The number of rotatable bonds is 6. The molecule has 0 fully saturated rings. The van der Waals surface area contributed by atoms with Crippen LogP contribution in [-0.2, 0) is 0 Å². The molecule has 0 aliphatic rings. The van der Waals surface area contributed by atoms with Gasteiger partial charge in [0.05, 0.1) is 12.1 Å². The van der Waals surface area contributed by atoms with Crippen molar-refractivity contribution in [2.45, 2.75) is 0 Å². The van der Waals surface area contributed by atoms with Gasteiger partial charge in [0.2, 0.25) is 0 Å². The predicted molar refractivity (Wildman–Crippen MR) is 93.1 cm³/mol. The van der Waals surface area contributed by atoms with E-state index in [-0.39, 0.29) is 22.9 Å². The van der Waals surface area contributed by atoms with Gasteiger partial charge in [-0.1, -0.05) is 6.07 Å². The summed E-state index contributed by atoms with van der Waals surface area (Å²) in [5, 5.41) is 26.1.